The zero-order valence-electron chi connectivity index (χ0n) is 18.9. The van der Waals surface area contributed by atoms with E-state index in [2.05, 4.69) is 27.3 Å². The van der Waals surface area contributed by atoms with E-state index in [-0.39, 0.29) is 16.7 Å². The number of sulfonamides is 1. The van der Waals surface area contributed by atoms with Crippen molar-refractivity contribution in [2.75, 3.05) is 52.5 Å². The van der Waals surface area contributed by atoms with Gasteiger partial charge >= 0.3 is 11.8 Å². The molecule has 0 unspecified atom stereocenters. The number of morpholine rings is 1. The van der Waals surface area contributed by atoms with Crippen LogP contribution in [0.25, 0.3) is 11.5 Å². The van der Waals surface area contributed by atoms with Gasteiger partial charge in [0.2, 0.25) is 15.9 Å². The van der Waals surface area contributed by atoms with Crippen LogP contribution in [0.5, 0.6) is 0 Å². The molecule has 33 heavy (non-hydrogen) atoms. The Labute approximate surface area is 194 Å². The lowest BCUT2D eigenvalue weighted by Crippen LogP contribution is -2.40. The van der Waals surface area contributed by atoms with Crippen molar-refractivity contribution in [1.82, 2.24) is 24.7 Å². The van der Waals surface area contributed by atoms with Crippen molar-refractivity contribution in [3.05, 3.63) is 30.2 Å². The monoisotopic (exact) mass is 477 g/mol. The molecule has 0 bridgehead atoms. The zero-order chi connectivity index (χ0) is 23.3. The van der Waals surface area contributed by atoms with Crippen molar-refractivity contribution >= 4 is 15.9 Å². The molecule has 2 aliphatic rings. The highest BCUT2D eigenvalue weighted by molar-refractivity contribution is 7.89. The molecule has 2 aromatic rings. The van der Waals surface area contributed by atoms with Crippen molar-refractivity contribution in [3.8, 4) is 11.5 Å². The maximum atomic E-state index is 12.7. The number of amides is 1. The van der Waals surface area contributed by atoms with Crippen molar-refractivity contribution in [2.45, 2.75) is 31.1 Å². The summed E-state index contributed by atoms with van der Waals surface area (Å²) in [5.74, 6) is 0.380. The summed E-state index contributed by atoms with van der Waals surface area (Å²) in [6.45, 7) is 7.47. The molecule has 2 saturated heterocycles. The molecule has 2 fully saturated rings. The highest BCUT2D eigenvalue weighted by Crippen LogP contribution is 2.23. The average molecular weight is 478 g/mol. The van der Waals surface area contributed by atoms with E-state index in [1.54, 1.807) is 12.1 Å². The number of nitrogens with one attached hydrogen (secondary N) is 1. The molecule has 0 radical (unpaired) electrons. The molecule has 3 heterocycles. The van der Waals surface area contributed by atoms with Gasteiger partial charge in [-0.1, -0.05) is 6.92 Å². The SMILES string of the molecule is C[C@@H]1CCCN(CCCNC(=O)c2nnc(-c3ccc(S(=O)(=O)N4CCOCC4)cc3)o2)C1. The molecule has 180 valence electrons. The quantitative estimate of drug-likeness (QED) is 0.570. The third-order valence-corrected chi connectivity index (χ3v) is 7.92. The Bertz CT molecular complexity index is 1030. The summed E-state index contributed by atoms with van der Waals surface area (Å²) in [6.07, 6.45) is 3.39. The number of hydrogen-bond acceptors (Lipinski definition) is 8. The zero-order valence-corrected chi connectivity index (χ0v) is 19.7. The Morgan fingerprint density at radius 3 is 2.64 bits per heavy atom. The molecule has 2 aliphatic heterocycles. The second kappa shape index (κ2) is 10.7. The van der Waals surface area contributed by atoms with Crippen LogP contribution >= 0.6 is 0 Å². The normalized spacial score (nSPS) is 20.6. The minimum atomic E-state index is -3.57. The van der Waals surface area contributed by atoms with Crippen molar-refractivity contribution in [2.24, 2.45) is 5.92 Å². The van der Waals surface area contributed by atoms with Gasteiger partial charge in [-0.05, 0) is 62.5 Å². The fourth-order valence-electron chi connectivity index (χ4n) is 4.21. The first-order valence-corrected chi connectivity index (χ1v) is 12.9. The molecule has 1 aromatic heterocycles. The molecule has 11 heteroatoms. The highest BCUT2D eigenvalue weighted by atomic mass is 32.2. The summed E-state index contributed by atoms with van der Waals surface area (Å²) in [4.78, 5) is 15.0. The van der Waals surface area contributed by atoms with E-state index >= 15 is 0 Å². The Balaban J connectivity index is 1.29. The topological polar surface area (TPSA) is 118 Å². The van der Waals surface area contributed by atoms with Gasteiger partial charge < -0.3 is 19.4 Å². The number of carbonyl (C=O) groups is 1. The number of aromatic nitrogens is 2. The van der Waals surface area contributed by atoms with E-state index < -0.39 is 15.9 Å². The van der Waals surface area contributed by atoms with Gasteiger partial charge in [0.05, 0.1) is 18.1 Å². The molecule has 1 aromatic carbocycles. The minimum absolute atomic E-state index is 0.110. The largest absolute Gasteiger partial charge is 0.412 e. The van der Waals surface area contributed by atoms with Gasteiger partial charge in [-0.15, -0.1) is 10.2 Å². The standard InChI is InChI=1S/C22H31N5O5S/c1-17-4-2-10-26(16-17)11-3-9-23-20(28)22-25-24-21(32-22)18-5-7-19(8-6-18)33(29,30)27-12-14-31-15-13-27/h5-8,17H,2-4,9-16H2,1H3,(H,23,28)/t17-/m1/s1. The second-order valence-electron chi connectivity index (χ2n) is 8.61. The summed E-state index contributed by atoms with van der Waals surface area (Å²) in [5.41, 5.74) is 0.543. The minimum Gasteiger partial charge on any atom is -0.412 e. The van der Waals surface area contributed by atoms with Gasteiger partial charge in [0.15, 0.2) is 0 Å². The second-order valence-corrected chi connectivity index (χ2v) is 10.5. The van der Waals surface area contributed by atoms with E-state index in [0.29, 0.717) is 38.4 Å². The third kappa shape index (κ3) is 5.97. The first-order valence-electron chi connectivity index (χ1n) is 11.5. The molecular formula is C22H31N5O5S. The fraction of sp³-hybridized carbons (Fsp3) is 0.591. The molecule has 1 N–H and O–H groups in total. The molecule has 0 spiro atoms. The Morgan fingerprint density at radius 1 is 1.15 bits per heavy atom. The van der Waals surface area contributed by atoms with Crippen LogP contribution in [0.2, 0.25) is 0 Å². The van der Waals surface area contributed by atoms with E-state index in [0.717, 1.165) is 32.0 Å². The van der Waals surface area contributed by atoms with Crippen LogP contribution in [0.3, 0.4) is 0 Å². The number of hydrogen-bond donors (Lipinski definition) is 1. The summed E-state index contributed by atoms with van der Waals surface area (Å²) in [7, 11) is -3.57. The van der Waals surface area contributed by atoms with E-state index in [4.69, 9.17) is 9.15 Å². The maximum Gasteiger partial charge on any atom is 0.308 e. The third-order valence-electron chi connectivity index (χ3n) is 6.01. The fourth-order valence-corrected chi connectivity index (χ4v) is 5.62. The van der Waals surface area contributed by atoms with Crippen LogP contribution in [0.1, 0.15) is 36.9 Å². The highest BCUT2D eigenvalue weighted by Gasteiger charge is 2.26. The Morgan fingerprint density at radius 2 is 1.91 bits per heavy atom. The van der Waals surface area contributed by atoms with Gasteiger partial charge in [-0.25, -0.2) is 8.42 Å². The lowest BCUT2D eigenvalue weighted by Gasteiger charge is -2.30. The lowest BCUT2D eigenvalue weighted by molar-refractivity contribution is 0.0730. The molecule has 1 amide bonds. The van der Waals surface area contributed by atoms with Gasteiger partial charge in [0, 0.05) is 31.7 Å². The van der Waals surface area contributed by atoms with E-state index in [1.165, 1.54) is 29.3 Å². The number of benzene rings is 1. The molecule has 10 nitrogen and oxygen atoms in total. The van der Waals surface area contributed by atoms with Crippen molar-refractivity contribution < 1.29 is 22.4 Å². The van der Waals surface area contributed by atoms with Crippen LogP contribution in [0.15, 0.2) is 33.6 Å². The smallest absolute Gasteiger partial charge is 0.308 e. The van der Waals surface area contributed by atoms with Crippen molar-refractivity contribution in [1.29, 1.82) is 0 Å². The predicted octanol–water partition coefficient (Wildman–Crippen LogP) is 1.61. The van der Waals surface area contributed by atoms with Crippen LogP contribution in [0, 0.1) is 5.92 Å². The summed E-state index contributed by atoms with van der Waals surface area (Å²) in [5, 5.41) is 10.6. The van der Waals surface area contributed by atoms with Gasteiger partial charge in [0.25, 0.3) is 0 Å². The van der Waals surface area contributed by atoms with Gasteiger partial charge in [-0.2, -0.15) is 4.31 Å². The van der Waals surface area contributed by atoms with E-state index in [9.17, 15) is 13.2 Å². The number of nitrogens with zero attached hydrogens (tertiary/aromatic N) is 4. The van der Waals surface area contributed by atoms with E-state index in [1.807, 2.05) is 0 Å². The molecule has 0 saturated carbocycles. The Hall–Kier alpha value is -2.34. The summed E-state index contributed by atoms with van der Waals surface area (Å²) >= 11 is 0. The van der Waals surface area contributed by atoms with Crippen LogP contribution < -0.4 is 5.32 Å². The van der Waals surface area contributed by atoms with Crippen molar-refractivity contribution in [3.63, 3.8) is 0 Å². The van der Waals surface area contributed by atoms with Gasteiger partial charge in [-0.3, -0.25) is 4.79 Å². The summed E-state index contributed by atoms with van der Waals surface area (Å²) in [6, 6.07) is 6.21. The molecule has 0 aliphatic carbocycles. The summed E-state index contributed by atoms with van der Waals surface area (Å²) < 4.78 is 37.6. The Kier molecular flexibility index (Phi) is 7.74. The molecular weight excluding hydrogens is 446 g/mol. The maximum absolute atomic E-state index is 12.7. The number of ether oxygens (including phenoxy) is 1. The number of likely N-dealkylation sites (tertiary alicyclic amines) is 1. The van der Waals surface area contributed by atoms with Gasteiger partial charge in [0.1, 0.15) is 0 Å². The average Bonchev–Trinajstić information content (AvgIpc) is 3.33. The first-order chi connectivity index (χ1) is 15.9. The lowest BCUT2D eigenvalue weighted by atomic mass is 10.0. The first kappa shape index (κ1) is 23.8. The van der Waals surface area contributed by atoms with Crippen LogP contribution in [-0.2, 0) is 14.8 Å². The predicted molar refractivity (Wildman–Crippen MR) is 121 cm³/mol. The van der Waals surface area contributed by atoms with Crippen LogP contribution in [-0.4, -0.2) is 86.2 Å². The number of rotatable bonds is 8. The number of piperidine rings is 1. The van der Waals surface area contributed by atoms with Crippen LogP contribution in [0.4, 0.5) is 0 Å². The number of carbonyl (C=O) groups excluding carboxylic acids is 1. The molecule has 4 rings (SSSR count). The molecule has 1 atom stereocenters.